The van der Waals surface area contributed by atoms with Gasteiger partial charge in [0.15, 0.2) is 0 Å². The zero-order chi connectivity index (χ0) is 24.6. The van der Waals surface area contributed by atoms with Crippen LogP contribution >= 0.6 is 11.6 Å². The van der Waals surface area contributed by atoms with Crippen molar-refractivity contribution >= 4 is 29.3 Å². The average Bonchev–Trinajstić information content (AvgIpc) is 3.14. The van der Waals surface area contributed by atoms with Crippen molar-refractivity contribution in [1.82, 2.24) is 14.7 Å². The van der Waals surface area contributed by atoms with Gasteiger partial charge in [-0.15, -0.1) is 0 Å². The van der Waals surface area contributed by atoms with Crippen molar-refractivity contribution in [3.05, 3.63) is 76.6 Å². The van der Waals surface area contributed by atoms with Crippen LogP contribution in [0.1, 0.15) is 49.3 Å². The molecule has 0 radical (unpaired) electrons. The zero-order valence-electron chi connectivity index (χ0n) is 20.1. The summed E-state index contributed by atoms with van der Waals surface area (Å²) in [5, 5.41) is 4.74. The lowest BCUT2D eigenvalue weighted by atomic mass is 10.1. The van der Waals surface area contributed by atoms with E-state index in [1.807, 2.05) is 77.2 Å². The molecule has 0 bridgehead atoms. The molecule has 1 aromatic heterocycles. The van der Waals surface area contributed by atoms with Crippen molar-refractivity contribution in [2.24, 2.45) is 0 Å². The van der Waals surface area contributed by atoms with Gasteiger partial charge < -0.3 is 9.64 Å². The fourth-order valence-corrected chi connectivity index (χ4v) is 4.25. The van der Waals surface area contributed by atoms with Crippen LogP contribution in [0.5, 0.6) is 0 Å². The largest absolute Gasteiger partial charge is 0.444 e. The first-order valence-corrected chi connectivity index (χ1v) is 11.6. The number of para-hydroxylation sites is 1. The van der Waals surface area contributed by atoms with Crippen LogP contribution in [0, 0.1) is 6.92 Å². The summed E-state index contributed by atoms with van der Waals surface area (Å²) in [5.41, 5.74) is 3.07. The number of carbonyl (C=O) groups excluding carboxylic acids is 2. The van der Waals surface area contributed by atoms with E-state index >= 15 is 0 Å². The van der Waals surface area contributed by atoms with Gasteiger partial charge in [0.2, 0.25) is 0 Å². The Labute approximate surface area is 204 Å². The zero-order valence-corrected chi connectivity index (χ0v) is 20.8. The number of rotatable bonds is 2. The summed E-state index contributed by atoms with van der Waals surface area (Å²) in [6, 6.07) is 14.5. The molecule has 1 aliphatic heterocycles. The Balaban J connectivity index is 1.66. The van der Waals surface area contributed by atoms with Gasteiger partial charge in [-0.05, 0) is 70.5 Å². The van der Waals surface area contributed by atoms with Crippen molar-refractivity contribution in [1.29, 1.82) is 0 Å². The number of aryl methyl sites for hydroxylation is 1. The highest BCUT2D eigenvalue weighted by molar-refractivity contribution is 6.34. The lowest BCUT2D eigenvalue weighted by molar-refractivity contribution is 0.0167. The van der Waals surface area contributed by atoms with Gasteiger partial charge in [-0.3, -0.25) is 9.69 Å². The van der Waals surface area contributed by atoms with E-state index in [0.717, 1.165) is 22.6 Å². The maximum atomic E-state index is 13.7. The predicted octanol–water partition coefficient (Wildman–Crippen LogP) is 5.62. The van der Waals surface area contributed by atoms with Crippen molar-refractivity contribution in [2.75, 3.05) is 11.4 Å². The molecular weight excluding hydrogens is 452 g/mol. The average molecular weight is 481 g/mol. The number of nitrogens with zero attached hydrogens (tertiary/aromatic N) is 4. The van der Waals surface area contributed by atoms with E-state index in [2.05, 4.69) is 5.10 Å². The van der Waals surface area contributed by atoms with E-state index in [0.29, 0.717) is 23.7 Å². The summed E-state index contributed by atoms with van der Waals surface area (Å²) >= 11 is 6.58. The quantitative estimate of drug-likeness (QED) is 0.477. The van der Waals surface area contributed by atoms with Crippen molar-refractivity contribution in [2.45, 2.75) is 52.8 Å². The summed E-state index contributed by atoms with van der Waals surface area (Å²) in [4.78, 5) is 30.0. The molecule has 34 heavy (non-hydrogen) atoms. The first-order chi connectivity index (χ1) is 16.0. The Morgan fingerprint density at radius 1 is 1.12 bits per heavy atom. The van der Waals surface area contributed by atoms with Crippen LogP contribution in [0.2, 0.25) is 5.02 Å². The second-order valence-electron chi connectivity index (χ2n) is 9.57. The third-order valence-corrected chi connectivity index (χ3v) is 5.96. The number of carbonyl (C=O) groups is 2. The molecule has 0 unspecified atom stereocenters. The van der Waals surface area contributed by atoms with E-state index in [9.17, 15) is 9.59 Å². The van der Waals surface area contributed by atoms with Gasteiger partial charge >= 0.3 is 6.09 Å². The van der Waals surface area contributed by atoms with E-state index in [4.69, 9.17) is 16.3 Å². The number of benzene rings is 2. The smallest absolute Gasteiger partial charge is 0.410 e. The Bertz CT molecular complexity index is 1230. The maximum absolute atomic E-state index is 13.7. The van der Waals surface area contributed by atoms with E-state index in [-0.39, 0.29) is 11.9 Å². The monoisotopic (exact) mass is 480 g/mol. The van der Waals surface area contributed by atoms with Gasteiger partial charge in [-0.1, -0.05) is 29.8 Å². The molecule has 0 saturated carbocycles. The number of hydrogen-bond acceptors (Lipinski definition) is 4. The molecule has 2 amide bonds. The molecule has 3 aromatic rings. The Hall–Kier alpha value is -3.32. The highest BCUT2D eigenvalue weighted by Gasteiger charge is 2.34. The van der Waals surface area contributed by atoms with Crippen LogP contribution in [0.4, 0.5) is 10.5 Å². The van der Waals surface area contributed by atoms with Crippen molar-refractivity contribution in [3.8, 4) is 5.69 Å². The molecule has 0 saturated heterocycles. The van der Waals surface area contributed by atoms with Crippen LogP contribution in [0.3, 0.4) is 0 Å². The third-order valence-electron chi connectivity index (χ3n) is 5.65. The van der Waals surface area contributed by atoms with Gasteiger partial charge in [-0.25, -0.2) is 9.48 Å². The lowest BCUT2D eigenvalue weighted by Crippen LogP contribution is -2.46. The minimum Gasteiger partial charge on any atom is -0.444 e. The molecule has 0 N–H and O–H groups in total. The van der Waals surface area contributed by atoms with Gasteiger partial charge in [0.25, 0.3) is 5.91 Å². The fraction of sp³-hybridized carbons (Fsp3) is 0.346. The SMILES string of the molecule is Cc1ccn(-c2ccc(C(=O)N3C[C@@H](C)N(C(=O)OC(C)(C)C)Cc4ccccc43)c(Cl)c2)n1. The van der Waals surface area contributed by atoms with E-state index < -0.39 is 11.7 Å². The Kier molecular flexibility index (Phi) is 6.41. The molecule has 0 fully saturated rings. The number of halogens is 1. The molecule has 2 aromatic carbocycles. The first-order valence-electron chi connectivity index (χ1n) is 11.2. The van der Waals surface area contributed by atoms with Crippen LogP contribution in [0.25, 0.3) is 5.69 Å². The standard InChI is InChI=1S/C26H29ClN4O3/c1-17-12-13-31(28-17)20-10-11-21(22(27)14-20)24(32)30-15-18(2)29(25(33)34-26(3,4)5)16-19-8-6-7-9-23(19)30/h6-14,18H,15-16H2,1-5H3/t18-/m1/s1. The van der Waals surface area contributed by atoms with E-state index in [1.54, 1.807) is 26.6 Å². The highest BCUT2D eigenvalue weighted by Crippen LogP contribution is 2.31. The van der Waals surface area contributed by atoms with Crippen LogP contribution in [-0.4, -0.2) is 44.9 Å². The molecular formula is C26H29ClN4O3. The molecule has 1 atom stereocenters. The number of aromatic nitrogens is 2. The van der Waals surface area contributed by atoms with Crippen LogP contribution in [-0.2, 0) is 11.3 Å². The second kappa shape index (κ2) is 9.14. The Morgan fingerprint density at radius 2 is 1.85 bits per heavy atom. The molecule has 8 heteroatoms. The van der Waals surface area contributed by atoms with Gasteiger partial charge in [-0.2, -0.15) is 5.10 Å². The van der Waals surface area contributed by atoms with Crippen LogP contribution in [0.15, 0.2) is 54.7 Å². The number of anilines is 1. The normalized spacial score (nSPS) is 16.1. The molecule has 1 aliphatic rings. The summed E-state index contributed by atoms with van der Waals surface area (Å²) in [6.45, 7) is 10.0. The lowest BCUT2D eigenvalue weighted by Gasteiger charge is -2.31. The molecule has 2 heterocycles. The number of fused-ring (bicyclic) bond motifs is 1. The van der Waals surface area contributed by atoms with Crippen LogP contribution < -0.4 is 4.90 Å². The second-order valence-corrected chi connectivity index (χ2v) is 9.97. The van der Waals surface area contributed by atoms with Crippen molar-refractivity contribution in [3.63, 3.8) is 0 Å². The van der Waals surface area contributed by atoms with Gasteiger partial charge in [0, 0.05) is 18.4 Å². The molecule has 4 rings (SSSR count). The summed E-state index contributed by atoms with van der Waals surface area (Å²) in [5.74, 6) is -0.224. The maximum Gasteiger partial charge on any atom is 0.410 e. The first kappa shape index (κ1) is 23.8. The van der Waals surface area contributed by atoms with Crippen molar-refractivity contribution < 1.29 is 14.3 Å². The van der Waals surface area contributed by atoms with Gasteiger partial charge in [0.1, 0.15) is 5.60 Å². The van der Waals surface area contributed by atoms with E-state index in [1.165, 1.54) is 0 Å². The van der Waals surface area contributed by atoms with Gasteiger partial charge in [0.05, 0.1) is 34.6 Å². The highest BCUT2D eigenvalue weighted by atomic mass is 35.5. The number of hydrogen-bond donors (Lipinski definition) is 0. The predicted molar refractivity (Wildman–Crippen MR) is 133 cm³/mol. The number of amides is 2. The summed E-state index contributed by atoms with van der Waals surface area (Å²) in [6.07, 6.45) is 1.45. The topological polar surface area (TPSA) is 67.7 Å². The number of ether oxygens (including phenoxy) is 1. The molecule has 178 valence electrons. The fourth-order valence-electron chi connectivity index (χ4n) is 3.99. The minimum atomic E-state index is -0.611. The molecule has 0 aliphatic carbocycles. The molecule has 7 nitrogen and oxygen atoms in total. The minimum absolute atomic E-state index is 0.224. The molecule has 0 spiro atoms. The Morgan fingerprint density at radius 3 is 2.50 bits per heavy atom. The summed E-state index contributed by atoms with van der Waals surface area (Å²) in [7, 11) is 0. The summed E-state index contributed by atoms with van der Waals surface area (Å²) < 4.78 is 7.35. The third kappa shape index (κ3) is 4.94.